The first-order valence-corrected chi connectivity index (χ1v) is 8.63. The molecule has 2 N–H and O–H groups in total. The first-order chi connectivity index (χ1) is 11.5. The quantitative estimate of drug-likeness (QED) is 0.647. The fraction of sp³-hybridized carbons (Fsp3) is 0.444. The van der Waals surface area contributed by atoms with Crippen molar-refractivity contribution < 1.29 is 14.3 Å². The number of nitrogens with one attached hydrogen (secondary N) is 2. The van der Waals surface area contributed by atoms with Crippen LogP contribution in [0.4, 0.5) is 5.69 Å². The molecule has 0 saturated heterocycles. The lowest BCUT2D eigenvalue weighted by molar-refractivity contribution is -0.146. The molecule has 2 amide bonds. The fourth-order valence-corrected chi connectivity index (χ4v) is 3.16. The SMILES string of the molecule is C[C@@]1(C(=O)NCCC2=CCCCC2)Oc2ccc(Cl)cc2NC1=O. The Balaban J connectivity index is 1.64. The van der Waals surface area contributed by atoms with Gasteiger partial charge in [-0.3, -0.25) is 9.59 Å². The molecule has 0 fully saturated rings. The van der Waals surface area contributed by atoms with Crippen molar-refractivity contribution >= 4 is 29.1 Å². The maximum atomic E-state index is 12.5. The number of halogens is 1. The lowest BCUT2D eigenvalue weighted by Gasteiger charge is -2.33. The molecule has 128 valence electrons. The van der Waals surface area contributed by atoms with Crippen molar-refractivity contribution in [3.8, 4) is 5.75 Å². The number of hydrogen-bond acceptors (Lipinski definition) is 3. The Morgan fingerprint density at radius 3 is 3.00 bits per heavy atom. The highest BCUT2D eigenvalue weighted by molar-refractivity contribution is 6.31. The molecule has 1 aromatic carbocycles. The second kappa shape index (κ2) is 6.85. The summed E-state index contributed by atoms with van der Waals surface area (Å²) in [6.45, 7) is 1.99. The summed E-state index contributed by atoms with van der Waals surface area (Å²) in [5.41, 5.74) is 0.271. The van der Waals surface area contributed by atoms with Crippen LogP contribution in [-0.2, 0) is 9.59 Å². The van der Waals surface area contributed by atoms with Crippen LogP contribution in [0.2, 0.25) is 5.02 Å². The van der Waals surface area contributed by atoms with Crippen LogP contribution >= 0.6 is 11.6 Å². The van der Waals surface area contributed by atoms with Crippen LogP contribution in [0.15, 0.2) is 29.8 Å². The molecule has 24 heavy (non-hydrogen) atoms. The third-order valence-electron chi connectivity index (χ3n) is 4.49. The molecule has 0 saturated carbocycles. The largest absolute Gasteiger partial charge is 0.466 e. The maximum Gasteiger partial charge on any atom is 0.278 e. The zero-order valence-corrected chi connectivity index (χ0v) is 14.4. The Bertz CT molecular complexity index is 702. The number of amides is 2. The van der Waals surface area contributed by atoms with Crippen molar-refractivity contribution in [3.63, 3.8) is 0 Å². The van der Waals surface area contributed by atoms with Gasteiger partial charge in [-0.2, -0.15) is 0 Å². The summed E-state index contributed by atoms with van der Waals surface area (Å²) in [7, 11) is 0. The van der Waals surface area contributed by atoms with Crippen molar-refractivity contribution in [2.45, 2.75) is 44.6 Å². The van der Waals surface area contributed by atoms with Crippen LogP contribution in [-0.4, -0.2) is 24.0 Å². The molecule has 0 spiro atoms. The summed E-state index contributed by atoms with van der Waals surface area (Å²) in [6.07, 6.45) is 7.73. The van der Waals surface area contributed by atoms with E-state index in [0.29, 0.717) is 23.0 Å². The summed E-state index contributed by atoms with van der Waals surface area (Å²) in [5, 5.41) is 6.00. The minimum Gasteiger partial charge on any atom is -0.466 e. The van der Waals surface area contributed by atoms with Crippen LogP contribution in [0.1, 0.15) is 39.0 Å². The van der Waals surface area contributed by atoms with Crippen molar-refractivity contribution in [2.24, 2.45) is 0 Å². The van der Waals surface area contributed by atoms with E-state index in [1.807, 2.05) is 0 Å². The molecule has 1 aliphatic heterocycles. The van der Waals surface area contributed by atoms with E-state index >= 15 is 0 Å². The minimum absolute atomic E-state index is 0.433. The maximum absolute atomic E-state index is 12.5. The zero-order chi connectivity index (χ0) is 17.2. The monoisotopic (exact) mass is 348 g/mol. The molecule has 0 unspecified atom stereocenters. The number of allylic oxidation sites excluding steroid dienone is 1. The summed E-state index contributed by atoms with van der Waals surface area (Å²) in [4.78, 5) is 24.9. The Hall–Kier alpha value is -2.01. The van der Waals surface area contributed by atoms with Crippen molar-refractivity contribution in [1.82, 2.24) is 5.32 Å². The Kier molecular flexibility index (Phi) is 4.81. The normalized spacial score (nSPS) is 22.8. The van der Waals surface area contributed by atoms with Crippen molar-refractivity contribution in [2.75, 3.05) is 11.9 Å². The highest BCUT2D eigenvalue weighted by Crippen LogP contribution is 2.35. The zero-order valence-electron chi connectivity index (χ0n) is 13.7. The van der Waals surface area contributed by atoms with Gasteiger partial charge in [-0.15, -0.1) is 0 Å². The summed E-state index contributed by atoms with van der Waals surface area (Å²) in [6, 6.07) is 4.91. The number of benzene rings is 1. The molecule has 6 heteroatoms. The van der Waals surface area contributed by atoms with Crippen LogP contribution in [0, 0.1) is 0 Å². The number of ether oxygens (including phenoxy) is 1. The number of hydrogen-bond donors (Lipinski definition) is 2. The van der Waals surface area contributed by atoms with Gasteiger partial charge in [-0.1, -0.05) is 23.3 Å². The summed E-state index contributed by atoms with van der Waals surface area (Å²) in [5.74, 6) is -0.490. The predicted octanol–water partition coefficient (Wildman–Crippen LogP) is 3.44. The van der Waals surface area contributed by atoms with Gasteiger partial charge in [0.2, 0.25) is 0 Å². The summed E-state index contributed by atoms with van der Waals surface area (Å²) >= 11 is 5.91. The molecule has 1 atom stereocenters. The van der Waals surface area contributed by atoms with Gasteiger partial charge in [0, 0.05) is 11.6 Å². The van der Waals surface area contributed by atoms with Gasteiger partial charge >= 0.3 is 0 Å². The fourth-order valence-electron chi connectivity index (χ4n) is 2.98. The smallest absolute Gasteiger partial charge is 0.278 e. The average Bonchev–Trinajstić information content (AvgIpc) is 2.57. The number of fused-ring (bicyclic) bond motifs is 1. The molecule has 1 aliphatic carbocycles. The van der Waals surface area contributed by atoms with Gasteiger partial charge in [0.05, 0.1) is 5.69 Å². The van der Waals surface area contributed by atoms with E-state index < -0.39 is 17.4 Å². The molecule has 3 rings (SSSR count). The predicted molar refractivity (Wildman–Crippen MR) is 93.3 cm³/mol. The van der Waals surface area contributed by atoms with Crippen molar-refractivity contribution in [3.05, 3.63) is 34.9 Å². The molecule has 0 aromatic heterocycles. The standard InChI is InChI=1S/C18H21ClN2O3/c1-18(16(22)20-10-9-12-5-3-2-4-6-12)17(23)21-14-11-13(19)7-8-15(14)24-18/h5,7-8,11H,2-4,6,9-10H2,1H3,(H,20,22)(H,21,23)/t18-/m0/s1. The van der Waals surface area contributed by atoms with Gasteiger partial charge in [0.1, 0.15) is 5.75 Å². The third kappa shape index (κ3) is 3.41. The van der Waals surface area contributed by atoms with E-state index in [9.17, 15) is 9.59 Å². The Morgan fingerprint density at radius 1 is 1.42 bits per heavy atom. The van der Waals surface area contributed by atoms with Gasteiger partial charge < -0.3 is 15.4 Å². The summed E-state index contributed by atoms with van der Waals surface area (Å²) < 4.78 is 5.69. The number of carbonyl (C=O) groups excluding carboxylic acids is 2. The van der Waals surface area contributed by atoms with E-state index in [-0.39, 0.29) is 0 Å². The lowest BCUT2D eigenvalue weighted by atomic mass is 9.97. The minimum atomic E-state index is -1.58. The van der Waals surface area contributed by atoms with Crippen molar-refractivity contribution in [1.29, 1.82) is 0 Å². The van der Waals surface area contributed by atoms with E-state index in [0.717, 1.165) is 19.3 Å². The number of rotatable bonds is 4. The molecule has 1 aromatic rings. The number of carbonyl (C=O) groups is 2. The van der Waals surface area contributed by atoms with Crippen LogP contribution < -0.4 is 15.4 Å². The van der Waals surface area contributed by atoms with Crippen LogP contribution in [0.5, 0.6) is 5.75 Å². The molecular weight excluding hydrogens is 328 g/mol. The van der Waals surface area contributed by atoms with Gasteiger partial charge in [-0.05, 0) is 57.2 Å². The number of anilines is 1. The molecular formula is C18H21ClN2O3. The highest BCUT2D eigenvalue weighted by Gasteiger charge is 2.47. The lowest BCUT2D eigenvalue weighted by Crippen LogP contribution is -2.58. The van der Waals surface area contributed by atoms with E-state index in [1.54, 1.807) is 18.2 Å². The van der Waals surface area contributed by atoms with Gasteiger partial charge in [0.25, 0.3) is 17.4 Å². The second-order valence-electron chi connectivity index (χ2n) is 6.34. The molecule has 5 nitrogen and oxygen atoms in total. The second-order valence-corrected chi connectivity index (χ2v) is 6.78. The first-order valence-electron chi connectivity index (χ1n) is 8.25. The molecule has 0 radical (unpaired) electrons. The highest BCUT2D eigenvalue weighted by atomic mass is 35.5. The first kappa shape index (κ1) is 16.8. The molecule has 2 aliphatic rings. The van der Waals surface area contributed by atoms with Crippen LogP contribution in [0.3, 0.4) is 0 Å². The Labute approximate surface area is 146 Å². The van der Waals surface area contributed by atoms with E-state index in [4.69, 9.17) is 16.3 Å². The van der Waals surface area contributed by atoms with E-state index in [2.05, 4.69) is 16.7 Å². The average molecular weight is 349 g/mol. The molecule has 0 bridgehead atoms. The van der Waals surface area contributed by atoms with E-state index in [1.165, 1.54) is 25.3 Å². The molecule has 1 heterocycles. The third-order valence-corrected chi connectivity index (χ3v) is 4.72. The Morgan fingerprint density at radius 2 is 2.25 bits per heavy atom. The van der Waals surface area contributed by atoms with Gasteiger partial charge in [-0.25, -0.2) is 0 Å². The topological polar surface area (TPSA) is 67.4 Å². The van der Waals surface area contributed by atoms with Crippen LogP contribution in [0.25, 0.3) is 0 Å². The van der Waals surface area contributed by atoms with Gasteiger partial charge in [0.15, 0.2) is 0 Å².